The Bertz CT molecular complexity index is 310. The first kappa shape index (κ1) is 25.8. The molecule has 0 bridgehead atoms. The zero-order chi connectivity index (χ0) is 19.4. The van der Waals surface area contributed by atoms with E-state index in [1.54, 1.807) is 20.8 Å². The van der Waals surface area contributed by atoms with Gasteiger partial charge in [-0.05, 0) is 0 Å². The van der Waals surface area contributed by atoms with Crippen molar-refractivity contribution in [3.05, 3.63) is 0 Å². The van der Waals surface area contributed by atoms with Crippen LogP contribution in [0.25, 0.3) is 0 Å². The molecule has 0 saturated heterocycles. The van der Waals surface area contributed by atoms with Crippen LogP contribution in [0.3, 0.4) is 0 Å². The first-order valence-electron chi connectivity index (χ1n) is 9.36. The standard InChI is InChI=1S/C12H27O4Si.C4H9O.2H2O.Zr/c1-4-7-10-14-17(13,15-11-8-5-2)16-12-9-6-3;1-4(2,3)5;;;/h4-12H2,1-3H3;1-3H3;2*1H2;/q2*-1;;;+4/p-2. The van der Waals surface area contributed by atoms with Crippen LogP contribution in [-0.2, 0) is 40.6 Å². The van der Waals surface area contributed by atoms with Gasteiger partial charge in [0.05, 0.1) is 0 Å². The molecule has 0 heterocycles. The van der Waals surface area contributed by atoms with Gasteiger partial charge in [-0.25, -0.2) is 0 Å². The van der Waals surface area contributed by atoms with Gasteiger partial charge in [-0.15, -0.1) is 0 Å². The summed E-state index contributed by atoms with van der Waals surface area (Å²) in [5, 5.41) is 0. The van der Waals surface area contributed by atoms with Crippen LogP contribution in [0, 0.1) is 0 Å². The van der Waals surface area contributed by atoms with E-state index in [2.05, 4.69) is 0 Å². The van der Waals surface area contributed by atoms with Crippen molar-refractivity contribution >= 4 is 9.05 Å². The van der Waals surface area contributed by atoms with E-state index in [9.17, 15) is 6.37 Å². The van der Waals surface area contributed by atoms with E-state index < -0.39 is 36.7 Å². The third-order valence-electron chi connectivity index (χ3n) is 3.03. The van der Waals surface area contributed by atoms with Gasteiger partial charge in [0.1, 0.15) is 0 Å². The monoisotopic (exact) mass is 460 g/mol. The second-order valence-corrected chi connectivity index (χ2v) is 13.7. The summed E-state index contributed by atoms with van der Waals surface area (Å²) >= 11 is -5.30. The second-order valence-electron chi connectivity index (χ2n) is 6.97. The summed E-state index contributed by atoms with van der Waals surface area (Å²) in [5.74, 6) is 0. The van der Waals surface area contributed by atoms with Gasteiger partial charge >= 0.3 is 162 Å². The molecule has 0 aromatic carbocycles. The van der Waals surface area contributed by atoms with Gasteiger partial charge < -0.3 is 0 Å². The Hall–Kier alpha value is 0.820. The normalized spacial score (nSPS) is 13.4. The third kappa shape index (κ3) is 13.6. The molecule has 0 fully saturated rings. The Morgan fingerprint density at radius 2 is 1.12 bits per heavy atom. The van der Waals surface area contributed by atoms with E-state index in [4.69, 9.17) is 18.6 Å². The molecule has 0 amide bonds. The molecule has 0 unspecified atom stereocenters. The van der Waals surface area contributed by atoms with Gasteiger partial charge in [-0.1, -0.05) is 0 Å². The van der Waals surface area contributed by atoms with Gasteiger partial charge in [0, 0.05) is 0 Å². The summed E-state index contributed by atoms with van der Waals surface area (Å²) in [6, 6.07) is 0. The molecule has 0 aromatic rings. The Balaban J connectivity index is 5.21. The average Bonchev–Trinajstić information content (AvgIpc) is 2.45. The number of rotatable bonds is 15. The predicted octanol–water partition coefficient (Wildman–Crippen LogP) is 3.50. The fraction of sp³-hybridized carbons (Fsp3) is 1.00. The van der Waals surface area contributed by atoms with Crippen molar-refractivity contribution in [3.8, 4) is 0 Å². The van der Waals surface area contributed by atoms with Crippen molar-refractivity contribution in [2.24, 2.45) is 0 Å². The Morgan fingerprint density at radius 1 is 0.760 bits per heavy atom. The third-order valence-corrected chi connectivity index (χ3v) is 11.2. The molecule has 0 atom stereocenters. The van der Waals surface area contributed by atoms with E-state index in [0.717, 1.165) is 38.5 Å². The minimum absolute atomic E-state index is 0.387. The van der Waals surface area contributed by atoms with E-state index in [0.29, 0.717) is 19.8 Å². The van der Waals surface area contributed by atoms with E-state index in [1.807, 2.05) is 20.8 Å². The molecule has 0 aromatic heterocycles. The number of hydrogen-bond acceptors (Lipinski definition) is 7. The Kier molecular flexibility index (Phi) is 13.5. The maximum absolute atomic E-state index is 10.4. The predicted molar refractivity (Wildman–Crippen MR) is 94.7 cm³/mol. The fourth-order valence-corrected chi connectivity index (χ4v) is 9.77. The zero-order valence-corrected chi connectivity index (χ0v) is 20.3. The van der Waals surface area contributed by atoms with Gasteiger partial charge in [0.15, 0.2) is 0 Å². The van der Waals surface area contributed by atoms with Crippen molar-refractivity contribution in [1.29, 1.82) is 0 Å². The fourth-order valence-electron chi connectivity index (χ4n) is 1.82. The van der Waals surface area contributed by atoms with Crippen LogP contribution in [0.15, 0.2) is 0 Å². The molecule has 0 radical (unpaired) electrons. The topological polar surface area (TPSA) is 86.6 Å². The SMILES string of the molecule is CCCCO[Si](OCCCC)(OCCCC)[O][Zr]([OH])([OH])[O]C(C)(C)C. The van der Waals surface area contributed by atoms with Gasteiger partial charge in [0.2, 0.25) is 0 Å². The molecule has 0 rings (SSSR count). The van der Waals surface area contributed by atoms with Crippen LogP contribution in [-0.4, -0.2) is 40.8 Å². The second kappa shape index (κ2) is 13.1. The number of hydrogen-bond donors (Lipinski definition) is 2. The Morgan fingerprint density at radius 3 is 1.40 bits per heavy atom. The van der Waals surface area contributed by atoms with Crippen molar-refractivity contribution in [2.75, 3.05) is 19.8 Å². The molecular formula is C16H38O7SiZr. The van der Waals surface area contributed by atoms with Crippen LogP contribution in [0.2, 0.25) is 0 Å². The Labute approximate surface area is 161 Å². The van der Waals surface area contributed by atoms with Crippen LogP contribution < -0.4 is 0 Å². The molecule has 0 spiro atoms. The van der Waals surface area contributed by atoms with Crippen molar-refractivity contribution < 1.29 is 47.0 Å². The van der Waals surface area contributed by atoms with Gasteiger partial charge in [0.25, 0.3) is 0 Å². The molecule has 0 aliphatic rings. The quantitative estimate of drug-likeness (QED) is 0.285. The minimum atomic E-state index is -5.30. The molecule has 152 valence electrons. The molecule has 0 aliphatic heterocycles. The van der Waals surface area contributed by atoms with Crippen LogP contribution in [0.5, 0.6) is 0 Å². The zero-order valence-electron chi connectivity index (χ0n) is 16.8. The van der Waals surface area contributed by atoms with Gasteiger partial charge in [-0.3, -0.25) is 0 Å². The molecule has 7 nitrogen and oxygen atoms in total. The summed E-state index contributed by atoms with van der Waals surface area (Å²) in [5.41, 5.74) is -0.740. The van der Waals surface area contributed by atoms with Crippen molar-refractivity contribution in [2.45, 2.75) is 85.7 Å². The molecule has 9 heteroatoms. The molecule has 2 N–H and O–H groups in total. The summed E-state index contributed by atoms with van der Waals surface area (Å²) in [6.07, 6.45) is 5.27. The van der Waals surface area contributed by atoms with Crippen LogP contribution in [0.1, 0.15) is 80.1 Å². The van der Waals surface area contributed by atoms with Gasteiger partial charge in [-0.2, -0.15) is 0 Å². The molecular weight excluding hydrogens is 423 g/mol. The van der Waals surface area contributed by atoms with Crippen LogP contribution in [0.4, 0.5) is 0 Å². The van der Waals surface area contributed by atoms with E-state index >= 15 is 0 Å². The molecule has 0 aliphatic carbocycles. The van der Waals surface area contributed by atoms with Crippen molar-refractivity contribution in [3.63, 3.8) is 0 Å². The maximum atomic E-state index is 10.4. The summed E-state index contributed by atoms with van der Waals surface area (Å²) in [7, 11) is -3.67. The first-order chi connectivity index (χ1) is 11.6. The summed E-state index contributed by atoms with van der Waals surface area (Å²) in [4.78, 5) is 0. The van der Waals surface area contributed by atoms with E-state index in [-0.39, 0.29) is 0 Å². The molecule has 25 heavy (non-hydrogen) atoms. The van der Waals surface area contributed by atoms with Crippen LogP contribution >= 0.6 is 0 Å². The number of unbranched alkanes of at least 4 members (excludes halogenated alkanes) is 3. The average molecular weight is 462 g/mol. The van der Waals surface area contributed by atoms with E-state index in [1.165, 1.54) is 0 Å². The summed E-state index contributed by atoms with van der Waals surface area (Å²) in [6.45, 7) is 12.5. The molecule has 0 saturated carbocycles. The first-order valence-corrected chi connectivity index (χ1v) is 15.2. The summed E-state index contributed by atoms with van der Waals surface area (Å²) < 4.78 is 49.3. The van der Waals surface area contributed by atoms with Crippen molar-refractivity contribution in [1.82, 2.24) is 0 Å².